The van der Waals surface area contributed by atoms with E-state index in [1.54, 1.807) is 12.1 Å². The molecule has 0 atom stereocenters. The summed E-state index contributed by atoms with van der Waals surface area (Å²) in [5, 5.41) is 14.4. The van der Waals surface area contributed by atoms with Gasteiger partial charge in [-0.2, -0.15) is 0 Å². The lowest BCUT2D eigenvalue weighted by Crippen LogP contribution is -2.41. The third kappa shape index (κ3) is 5.11. The molecule has 1 saturated heterocycles. The number of nitrogens with one attached hydrogen (secondary N) is 1. The number of halogens is 1. The van der Waals surface area contributed by atoms with Crippen LogP contribution in [-0.4, -0.2) is 29.0 Å². The van der Waals surface area contributed by atoms with Crippen LogP contribution in [0.15, 0.2) is 53.0 Å². The minimum Gasteiger partial charge on any atom is -0.310 e. The summed E-state index contributed by atoms with van der Waals surface area (Å²) in [6, 6.07) is 16.0. The van der Waals surface area contributed by atoms with Crippen LogP contribution in [0.4, 0.5) is 5.69 Å². The third-order valence-electron chi connectivity index (χ3n) is 4.67. The van der Waals surface area contributed by atoms with Crippen LogP contribution < -0.4 is 5.32 Å². The largest absolute Gasteiger partial charge is 0.310 e. The van der Waals surface area contributed by atoms with Crippen LogP contribution in [0.5, 0.6) is 0 Å². The van der Waals surface area contributed by atoms with Gasteiger partial charge in [-0.15, -0.1) is 0 Å². The maximum absolute atomic E-state index is 10.8. The van der Waals surface area contributed by atoms with Gasteiger partial charge in [0, 0.05) is 35.7 Å². The Morgan fingerprint density at radius 2 is 1.88 bits per heavy atom. The molecule has 3 rings (SSSR count). The lowest BCUT2D eigenvalue weighted by Gasteiger charge is -2.32. The number of nitro benzene ring substituents is 1. The summed E-state index contributed by atoms with van der Waals surface area (Å²) in [5.74, 6) is 0. The highest BCUT2D eigenvalue weighted by molar-refractivity contribution is 9.10. The molecule has 25 heavy (non-hydrogen) atoms. The Balaban J connectivity index is 1.46. The van der Waals surface area contributed by atoms with Crippen molar-refractivity contribution in [3.63, 3.8) is 0 Å². The van der Waals surface area contributed by atoms with Crippen molar-refractivity contribution >= 4 is 21.6 Å². The molecule has 5 nitrogen and oxygen atoms in total. The molecule has 1 aliphatic rings. The Hall–Kier alpha value is -1.76. The van der Waals surface area contributed by atoms with E-state index in [1.165, 1.54) is 5.56 Å². The molecule has 1 heterocycles. The Bertz CT molecular complexity index is 716. The fourth-order valence-electron chi connectivity index (χ4n) is 3.18. The molecule has 2 aromatic rings. The van der Waals surface area contributed by atoms with Crippen molar-refractivity contribution in [2.24, 2.45) is 0 Å². The zero-order valence-corrected chi connectivity index (χ0v) is 15.6. The monoisotopic (exact) mass is 403 g/mol. The predicted molar refractivity (Wildman–Crippen MR) is 102 cm³/mol. The number of likely N-dealkylation sites (tertiary alicyclic amines) is 1. The fourth-order valence-corrected chi connectivity index (χ4v) is 3.69. The van der Waals surface area contributed by atoms with E-state index in [4.69, 9.17) is 0 Å². The lowest BCUT2D eigenvalue weighted by molar-refractivity contribution is -0.384. The standard InChI is InChI=1S/C19H22BrN3O2/c20-19-12-18(23(24)25)7-6-16(19)13-21-17-8-10-22(11-9-17)14-15-4-2-1-3-5-15/h1-7,12,17,21H,8-11,13-14H2. The number of non-ortho nitro benzene ring substituents is 1. The van der Waals surface area contributed by atoms with Crippen molar-refractivity contribution in [3.8, 4) is 0 Å². The molecule has 1 fully saturated rings. The van der Waals surface area contributed by atoms with Crippen LogP contribution in [0, 0.1) is 10.1 Å². The van der Waals surface area contributed by atoms with Gasteiger partial charge < -0.3 is 5.32 Å². The van der Waals surface area contributed by atoms with Crippen LogP contribution in [-0.2, 0) is 13.1 Å². The van der Waals surface area contributed by atoms with E-state index < -0.39 is 0 Å². The van der Waals surface area contributed by atoms with Gasteiger partial charge in [0.2, 0.25) is 0 Å². The third-order valence-corrected chi connectivity index (χ3v) is 5.40. The van der Waals surface area contributed by atoms with Crippen LogP contribution in [0.25, 0.3) is 0 Å². The SMILES string of the molecule is O=[N+]([O-])c1ccc(CNC2CCN(Cc3ccccc3)CC2)c(Br)c1. The zero-order chi connectivity index (χ0) is 17.6. The molecule has 6 heteroatoms. The second-order valence-corrected chi connectivity index (χ2v) is 7.30. The zero-order valence-electron chi connectivity index (χ0n) is 14.0. The summed E-state index contributed by atoms with van der Waals surface area (Å²) in [6.45, 7) is 3.92. The minimum absolute atomic E-state index is 0.116. The van der Waals surface area contributed by atoms with Crippen molar-refractivity contribution in [2.45, 2.75) is 32.0 Å². The second-order valence-electron chi connectivity index (χ2n) is 6.45. The fraction of sp³-hybridized carbons (Fsp3) is 0.368. The first kappa shape index (κ1) is 18.0. The van der Waals surface area contributed by atoms with E-state index in [0.717, 1.165) is 49.1 Å². The summed E-state index contributed by atoms with van der Waals surface area (Å²) in [5.41, 5.74) is 2.53. The summed E-state index contributed by atoms with van der Waals surface area (Å²) >= 11 is 3.43. The first-order valence-electron chi connectivity index (χ1n) is 8.54. The highest BCUT2D eigenvalue weighted by Crippen LogP contribution is 2.23. The smallest absolute Gasteiger partial charge is 0.270 e. The highest BCUT2D eigenvalue weighted by atomic mass is 79.9. The van der Waals surface area contributed by atoms with Crippen molar-refractivity contribution in [2.75, 3.05) is 13.1 Å². The normalized spacial score (nSPS) is 16.0. The summed E-state index contributed by atoms with van der Waals surface area (Å²) < 4.78 is 0.788. The molecule has 0 aromatic heterocycles. The van der Waals surface area contributed by atoms with Crippen LogP contribution in [0.1, 0.15) is 24.0 Å². The van der Waals surface area contributed by atoms with E-state index in [2.05, 4.69) is 56.5 Å². The van der Waals surface area contributed by atoms with Gasteiger partial charge in [-0.3, -0.25) is 15.0 Å². The number of hydrogen-bond acceptors (Lipinski definition) is 4. The molecule has 1 aliphatic heterocycles. The van der Waals surface area contributed by atoms with E-state index in [9.17, 15) is 10.1 Å². The Labute approximate surface area is 156 Å². The van der Waals surface area contributed by atoms with Gasteiger partial charge in [-0.05, 0) is 43.1 Å². The lowest BCUT2D eigenvalue weighted by atomic mass is 10.0. The van der Waals surface area contributed by atoms with Gasteiger partial charge >= 0.3 is 0 Å². The number of rotatable bonds is 6. The van der Waals surface area contributed by atoms with Gasteiger partial charge in [0.05, 0.1) is 4.92 Å². The van der Waals surface area contributed by atoms with E-state index >= 15 is 0 Å². The molecule has 0 bridgehead atoms. The number of hydrogen-bond donors (Lipinski definition) is 1. The van der Waals surface area contributed by atoms with Crippen molar-refractivity contribution < 1.29 is 4.92 Å². The molecule has 0 aliphatic carbocycles. The molecule has 0 saturated carbocycles. The van der Waals surface area contributed by atoms with Crippen LogP contribution >= 0.6 is 15.9 Å². The molecule has 2 aromatic carbocycles. The van der Waals surface area contributed by atoms with Gasteiger partial charge in [0.15, 0.2) is 0 Å². The Kier molecular flexibility index (Phi) is 6.18. The van der Waals surface area contributed by atoms with Crippen molar-refractivity contribution in [1.82, 2.24) is 10.2 Å². The summed E-state index contributed by atoms with van der Waals surface area (Å²) in [4.78, 5) is 12.9. The van der Waals surface area contributed by atoms with Crippen molar-refractivity contribution in [3.05, 3.63) is 74.2 Å². The van der Waals surface area contributed by atoms with E-state index in [0.29, 0.717) is 6.04 Å². The van der Waals surface area contributed by atoms with E-state index in [-0.39, 0.29) is 10.6 Å². The average Bonchev–Trinajstić information content (AvgIpc) is 2.62. The topological polar surface area (TPSA) is 58.4 Å². The first-order chi connectivity index (χ1) is 12.1. The quantitative estimate of drug-likeness (QED) is 0.582. The molecular formula is C19H22BrN3O2. The molecule has 132 valence electrons. The first-order valence-corrected chi connectivity index (χ1v) is 9.33. The predicted octanol–water partition coefficient (Wildman–Crippen LogP) is 4.11. The minimum atomic E-state index is -0.371. The number of piperidine rings is 1. The van der Waals surface area contributed by atoms with E-state index in [1.807, 2.05) is 6.07 Å². The molecule has 0 amide bonds. The molecule has 1 N–H and O–H groups in total. The Morgan fingerprint density at radius 3 is 2.52 bits per heavy atom. The number of benzene rings is 2. The number of nitrogens with zero attached hydrogens (tertiary/aromatic N) is 2. The maximum atomic E-state index is 10.8. The highest BCUT2D eigenvalue weighted by Gasteiger charge is 2.19. The second kappa shape index (κ2) is 8.56. The van der Waals surface area contributed by atoms with Gasteiger partial charge in [-0.25, -0.2) is 0 Å². The molecule has 0 radical (unpaired) electrons. The average molecular weight is 404 g/mol. The van der Waals surface area contributed by atoms with Crippen LogP contribution in [0.2, 0.25) is 0 Å². The van der Waals surface area contributed by atoms with Gasteiger partial charge in [0.25, 0.3) is 5.69 Å². The summed E-state index contributed by atoms with van der Waals surface area (Å²) in [6.07, 6.45) is 2.24. The van der Waals surface area contributed by atoms with Crippen molar-refractivity contribution in [1.29, 1.82) is 0 Å². The van der Waals surface area contributed by atoms with Gasteiger partial charge in [-0.1, -0.05) is 46.3 Å². The maximum Gasteiger partial charge on any atom is 0.270 e. The Morgan fingerprint density at radius 1 is 1.16 bits per heavy atom. The van der Waals surface area contributed by atoms with Crippen LogP contribution in [0.3, 0.4) is 0 Å². The summed E-state index contributed by atoms with van der Waals surface area (Å²) in [7, 11) is 0. The molecular weight excluding hydrogens is 382 g/mol. The molecule has 0 spiro atoms. The van der Waals surface area contributed by atoms with Gasteiger partial charge in [0.1, 0.15) is 0 Å². The molecule has 0 unspecified atom stereocenters. The number of nitro groups is 1.